The standard InChI is InChI=1S/C4H5B2N3S/c5-6-3-8-9-2-1-7-4(9)10-3/h1-2,6H,5H2. The summed E-state index contributed by atoms with van der Waals surface area (Å²) >= 11 is 1.64. The van der Waals surface area contributed by atoms with Crippen LogP contribution in [0.15, 0.2) is 12.4 Å². The van der Waals surface area contributed by atoms with Crippen molar-refractivity contribution >= 4 is 36.1 Å². The molecule has 0 atom stereocenters. The predicted molar refractivity (Wildman–Crippen MR) is 46.2 cm³/mol. The van der Waals surface area contributed by atoms with Gasteiger partial charge in [0.2, 0.25) is 4.96 Å². The molecule has 3 nitrogen and oxygen atoms in total. The van der Waals surface area contributed by atoms with E-state index in [4.69, 9.17) is 0 Å². The van der Waals surface area contributed by atoms with Gasteiger partial charge in [-0.25, -0.2) is 9.50 Å². The second-order valence-electron chi connectivity index (χ2n) is 2.00. The van der Waals surface area contributed by atoms with Gasteiger partial charge in [-0.3, -0.25) is 0 Å². The fourth-order valence-electron chi connectivity index (χ4n) is 0.821. The second-order valence-corrected chi connectivity index (χ2v) is 3.04. The highest BCUT2D eigenvalue weighted by Gasteiger charge is 2.00. The van der Waals surface area contributed by atoms with Crippen molar-refractivity contribution in [2.24, 2.45) is 0 Å². The molecule has 6 heteroatoms. The summed E-state index contributed by atoms with van der Waals surface area (Å²) in [7, 11) is 3.09. The van der Waals surface area contributed by atoms with Gasteiger partial charge in [0.15, 0.2) is 7.17 Å². The van der Waals surface area contributed by atoms with E-state index in [1.165, 1.54) is 0 Å². The van der Waals surface area contributed by atoms with Gasteiger partial charge in [-0.15, -0.1) is 0 Å². The minimum absolute atomic E-state index is 0.983. The first-order valence-corrected chi connectivity index (χ1v) is 4.01. The SMILES string of the molecule is BBc1nn2ccnc2s1. The predicted octanol–water partition coefficient (Wildman–Crippen LogP) is -1.60. The molecule has 0 bridgehead atoms. The Balaban J connectivity index is 2.67. The lowest BCUT2D eigenvalue weighted by atomic mass is 9.57. The molecule has 0 aliphatic carbocycles. The van der Waals surface area contributed by atoms with E-state index in [0.717, 1.165) is 17.0 Å². The highest BCUT2D eigenvalue weighted by molar-refractivity contribution is 7.29. The number of aromatic nitrogens is 3. The highest BCUT2D eigenvalue weighted by Crippen LogP contribution is 2.01. The fraction of sp³-hybridized carbons (Fsp3) is 0. The summed E-state index contributed by atoms with van der Waals surface area (Å²) in [5.74, 6) is 0. The minimum atomic E-state index is 0.983. The largest absolute Gasteiger partial charge is 0.226 e. The Morgan fingerprint density at radius 3 is 3.30 bits per heavy atom. The van der Waals surface area contributed by atoms with Gasteiger partial charge in [0, 0.05) is 6.20 Å². The zero-order chi connectivity index (χ0) is 6.97. The zero-order valence-electron chi connectivity index (χ0n) is 5.61. The van der Waals surface area contributed by atoms with E-state index in [1.807, 2.05) is 10.7 Å². The van der Waals surface area contributed by atoms with E-state index in [0.29, 0.717) is 0 Å². The van der Waals surface area contributed by atoms with Crippen LogP contribution in [0.1, 0.15) is 0 Å². The molecule has 0 aliphatic heterocycles. The maximum atomic E-state index is 4.26. The lowest BCUT2D eigenvalue weighted by molar-refractivity contribution is 0.990. The molecule has 0 saturated heterocycles. The summed E-state index contributed by atoms with van der Waals surface area (Å²) in [5, 5.41) is 4.26. The number of hydrogen-bond acceptors (Lipinski definition) is 3. The summed E-state index contributed by atoms with van der Waals surface area (Å²) in [4.78, 5) is 6.23. The maximum Gasteiger partial charge on any atom is 0.211 e. The smallest absolute Gasteiger partial charge is 0.211 e. The third-order valence-electron chi connectivity index (χ3n) is 1.32. The Bertz CT molecular complexity index is 312. The molecule has 0 unspecified atom stereocenters. The first-order valence-electron chi connectivity index (χ1n) is 3.19. The van der Waals surface area contributed by atoms with Crippen LogP contribution in [0.3, 0.4) is 0 Å². The quantitative estimate of drug-likeness (QED) is 0.457. The minimum Gasteiger partial charge on any atom is -0.226 e. The third kappa shape index (κ3) is 0.759. The van der Waals surface area contributed by atoms with Crippen molar-refractivity contribution in [2.75, 3.05) is 0 Å². The fourth-order valence-corrected chi connectivity index (χ4v) is 1.61. The lowest BCUT2D eigenvalue weighted by Crippen LogP contribution is -2.13. The molecule has 0 aromatic carbocycles. The molecule has 0 radical (unpaired) electrons. The normalized spacial score (nSPS) is 10.4. The van der Waals surface area contributed by atoms with Gasteiger partial charge in [-0.05, 0) is 0 Å². The van der Waals surface area contributed by atoms with Crippen LogP contribution in [0.25, 0.3) is 4.96 Å². The third-order valence-corrected chi connectivity index (χ3v) is 2.40. The second kappa shape index (κ2) is 2.12. The van der Waals surface area contributed by atoms with Gasteiger partial charge in [0.05, 0.1) is 18.8 Å². The van der Waals surface area contributed by atoms with Crippen molar-refractivity contribution in [1.82, 2.24) is 14.6 Å². The molecule has 2 rings (SSSR count). The van der Waals surface area contributed by atoms with Crippen LogP contribution >= 0.6 is 11.3 Å². The van der Waals surface area contributed by atoms with E-state index in [1.54, 1.807) is 17.5 Å². The van der Waals surface area contributed by atoms with Gasteiger partial charge in [0.25, 0.3) is 0 Å². The molecule has 0 spiro atoms. The van der Waals surface area contributed by atoms with Crippen LogP contribution in [0.4, 0.5) is 0 Å². The zero-order valence-corrected chi connectivity index (χ0v) is 6.43. The molecule has 48 valence electrons. The van der Waals surface area contributed by atoms with Crippen LogP contribution in [0.2, 0.25) is 0 Å². The van der Waals surface area contributed by atoms with Gasteiger partial charge in [-0.2, -0.15) is 5.10 Å². The van der Waals surface area contributed by atoms with Gasteiger partial charge < -0.3 is 0 Å². The van der Waals surface area contributed by atoms with E-state index in [2.05, 4.69) is 17.8 Å². The van der Waals surface area contributed by atoms with Crippen LogP contribution in [-0.4, -0.2) is 29.5 Å². The van der Waals surface area contributed by atoms with Crippen molar-refractivity contribution in [3.05, 3.63) is 12.4 Å². The maximum absolute atomic E-state index is 4.26. The van der Waals surface area contributed by atoms with Crippen LogP contribution in [0.5, 0.6) is 0 Å². The Hall–Kier alpha value is -0.770. The van der Waals surface area contributed by atoms with E-state index in [9.17, 15) is 0 Å². The summed E-state index contributed by atoms with van der Waals surface area (Å²) in [6.07, 6.45) is 3.63. The highest BCUT2D eigenvalue weighted by atomic mass is 32.1. The number of fused-ring (bicyclic) bond motifs is 1. The van der Waals surface area contributed by atoms with E-state index < -0.39 is 0 Å². The Morgan fingerprint density at radius 2 is 2.60 bits per heavy atom. The van der Waals surface area contributed by atoms with Crippen LogP contribution in [-0.2, 0) is 0 Å². The van der Waals surface area contributed by atoms with Crippen molar-refractivity contribution in [1.29, 1.82) is 0 Å². The number of hydrogen-bond donors (Lipinski definition) is 0. The molecular formula is C4H5B2N3S. The lowest BCUT2D eigenvalue weighted by Gasteiger charge is -1.76. The average molecular weight is 149 g/mol. The molecule has 0 saturated carbocycles. The van der Waals surface area contributed by atoms with Crippen molar-refractivity contribution in [3.8, 4) is 0 Å². The molecule has 2 heterocycles. The molecule has 0 amide bonds. The summed E-state index contributed by atoms with van der Waals surface area (Å²) in [5.41, 5.74) is 0. The average Bonchev–Trinajstić information content (AvgIpc) is 2.42. The summed E-state index contributed by atoms with van der Waals surface area (Å²) < 4.78 is 1.81. The number of imidazole rings is 1. The molecule has 2 aromatic rings. The summed E-state index contributed by atoms with van der Waals surface area (Å²) in [6.45, 7) is 0. The monoisotopic (exact) mass is 149 g/mol. The molecule has 10 heavy (non-hydrogen) atoms. The van der Waals surface area contributed by atoms with Crippen molar-refractivity contribution < 1.29 is 0 Å². The molecule has 0 N–H and O–H groups in total. The number of rotatable bonds is 1. The van der Waals surface area contributed by atoms with Crippen LogP contribution < -0.4 is 4.91 Å². The summed E-state index contributed by atoms with van der Waals surface area (Å²) in [6, 6.07) is 0. The molecule has 2 aromatic heterocycles. The topological polar surface area (TPSA) is 30.2 Å². The molecule has 0 aliphatic rings. The van der Waals surface area contributed by atoms with Gasteiger partial charge >= 0.3 is 0 Å². The molecule has 0 fully saturated rings. The van der Waals surface area contributed by atoms with E-state index in [-0.39, 0.29) is 0 Å². The van der Waals surface area contributed by atoms with Crippen molar-refractivity contribution in [2.45, 2.75) is 0 Å². The Morgan fingerprint density at radius 1 is 1.70 bits per heavy atom. The first kappa shape index (κ1) is 5.97. The Labute approximate surface area is 63.7 Å². The van der Waals surface area contributed by atoms with E-state index >= 15 is 0 Å². The first-order chi connectivity index (χ1) is 4.90. The van der Waals surface area contributed by atoms with Crippen LogP contribution in [0, 0.1) is 0 Å². The Kier molecular flexibility index (Phi) is 1.27. The molecular weight excluding hydrogens is 144 g/mol. The van der Waals surface area contributed by atoms with Gasteiger partial charge in [-0.1, -0.05) is 11.3 Å². The number of nitrogens with zero attached hydrogens (tertiary/aromatic N) is 3. The van der Waals surface area contributed by atoms with Crippen molar-refractivity contribution in [3.63, 3.8) is 0 Å². The van der Waals surface area contributed by atoms with Gasteiger partial charge in [0.1, 0.15) is 0 Å².